The van der Waals surface area contributed by atoms with Gasteiger partial charge in [0.1, 0.15) is 5.82 Å². The molecule has 1 aromatic carbocycles. The Balaban J connectivity index is 2.35. The second-order valence-electron chi connectivity index (χ2n) is 4.02. The number of hydrogen-bond donors (Lipinski definition) is 1. The van der Waals surface area contributed by atoms with E-state index in [0.29, 0.717) is 12.3 Å². The molecule has 0 aromatic heterocycles. The zero-order chi connectivity index (χ0) is 10.8. The Bertz CT molecular complexity index is 359. The molecular formula is C12H15ClFN. The summed E-state index contributed by atoms with van der Waals surface area (Å²) in [5, 5.41) is 3.57. The highest BCUT2D eigenvalue weighted by molar-refractivity contribution is 6.30. The first-order valence-corrected chi connectivity index (χ1v) is 5.78. The van der Waals surface area contributed by atoms with Gasteiger partial charge in [-0.1, -0.05) is 24.6 Å². The van der Waals surface area contributed by atoms with E-state index in [0.717, 1.165) is 25.1 Å². The molecule has 1 nitrogen and oxygen atoms in total. The van der Waals surface area contributed by atoms with Gasteiger partial charge in [0.15, 0.2) is 0 Å². The van der Waals surface area contributed by atoms with Gasteiger partial charge in [0, 0.05) is 6.54 Å². The van der Waals surface area contributed by atoms with Crippen LogP contribution in [0, 0.1) is 5.82 Å². The highest BCUT2D eigenvalue weighted by Crippen LogP contribution is 2.28. The predicted molar refractivity (Wildman–Crippen MR) is 61.0 cm³/mol. The maximum Gasteiger partial charge on any atom is 0.144 e. The summed E-state index contributed by atoms with van der Waals surface area (Å²) in [6, 6.07) is 3.73. The van der Waals surface area contributed by atoms with E-state index in [-0.39, 0.29) is 10.8 Å². The summed E-state index contributed by atoms with van der Waals surface area (Å²) in [6.45, 7) is 3.97. The highest BCUT2D eigenvalue weighted by atomic mass is 35.5. The molecule has 1 atom stereocenters. The van der Waals surface area contributed by atoms with Crippen molar-refractivity contribution in [3.8, 4) is 0 Å². The predicted octanol–water partition coefficient (Wildman–Crippen LogP) is 3.12. The van der Waals surface area contributed by atoms with Crippen molar-refractivity contribution in [2.45, 2.75) is 25.7 Å². The second-order valence-corrected chi connectivity index (χ2v) is 4.43. The average molecular weight is 228 g/mol. The molecule has 2 rings (SSSR count). The summed E-state index contributed by atoms with van der Waals surface area (Å²) in [5.41, 5.74) is 1.90. The van der Waals surface area contributed by atoms with E-state index in [1.165, 1.54) is 5.56 Å². The summed E-state index contributed by atoms with van der Waals surface area (Å²) in [6.07, 6.45) is 1.81. The summed E-state index contributed by atoms with van der Waals surface area (Å²) in [5.74, 6) is 0.238. The Kier molecular flexibility index (Phi) is 3.27. The molecule has 0 radical (unpaired) electrons. The van der Waals surface area contributed by atoms with Crippen LogP contribution in [0.5, 0.6) is 0 Å². The normalized spacial score (nSPS) is 20.9. The number of aryl methyl sites for hydroxylation is 1. The molecule has 0 aliphatic carbocycles. The molecule has 15 heavy (non-hydrogen) atoms. The number of halogens is 2. The first kappa shape index (κ1) is 10.9. The van der Waals surface area contributed by atoms with Crippen molar-refractivity contribution in [1.82, 2.24) is 5.32 Å². The van der Waals surface area contributed by atoms with E-state index in [1.807, 2.05) is 13.0 Å². The van der Waals surface area contributed by atoms with Crippen LogP contribution in [0.2, 0.25) is 5.02 Å². The van der Waals surface area contributed by atoms with E-state index in [9.17, 15) is 4.39 Å². The molecule has 82 valence electrons. The molecule has 0 spiro atoms. The molecule has 1 aliphatic heterocycles. The van der Waals surface area contributed by atoms with Gasteiger partial charge in [0.2, 0.25) is 0 Å². The lowest BCUT2D eigenvalue weighted by Gasteiger charge is -2.12. The Labute approximate surface area is 94.6 Å². The van der Waals surface area contributed by atoms with Crippen LogP contribution in [0.15, 0.2) is 12.1 Å². The number of rotatable bonds is 2. The number of benzene rings is 1. The van der Waals surface area contributed by atoms with Gasteiger partial charge in [-0.3, -0.25) is 0 Å². The van der Waals surface area contributed by atoms with Crippen LogP contribution in [0.1, 0.15) is 30.4 Å². The zero-order valence-electron chi connectivity index (χ0n) is 8.82. The molecule has 1 unspecified atom stereocenters. The lowest BCUT2D eigenvalue weighted by atomic mass is 9.96. The van der Waals surface area contributed by atoms with Crippen LogP contribution in [0.25, 0.3) is 0 Å². The maximum absolute atomic E-state index is 13.5. The highest BCUT2D eigenvalue weighted by Gasteiger charge is 2.19. The third kappa shape index (κ3) is 2.16. The van der Waals surface area contributed by atoms with E-state index >= 15 is 0 Å². The van der Waals surface area contributed by atoms with Gasteiger partial charge < -0.3 is 5.32 Å². The van der Waals surface area contributed by atoms with Gasteiger partial charge in [-0.05, 0) is 42.5 Å². The minimum Gasteiger partial charge on any atom is -0.316 e. The average Bonchev–Trinajstić information content (AvgIpc) is 2.75. The van der Waals surface area contributed by atoms with Crippen LogP contribution >= 0.6 is 11.6 Å². The second kappa shape index (κ2) is 4.50. The quantitative estimate of drug-likeness (QED) is 0.819. The molecule has 0 amide bonds. The first-order chi connectivity index (χ1) is 7.22. The van der Waals surface area contributed by atoms with Gasteiger partial charge in [-0.2, -0.15) is 0 Å². The number of nitrogens with one attached hydrogen (secondary N) is 1. The molecule has 3 heteroatoms. The van der Waals surface area contributed by atoms with Crippen molar-refractivity contribution in [2.24, 2.45) is 0 Å². The zero-order valence-corrected chi connectivity index (χ0v) is 9.57. The molecule has 1 fully saturated rings. The molecule has 1 N–H and O–H groups in total. The Morgan fingerprint density at radius 1 is 1.53 bits per heavy atom. The monoisotopic (exact) mass is 227 g/mol. The van der Waals surface area contributed by atoms with Crippen LogP contribution in [0.3, 0.4) is 0 Å². The van der Waals surface area contributed by atoms with Crippen molar-refractivity contribution in [2.75, 3.05) is 13.1 Å². The maximum atomic E-state index is 13.5. The van der Waals surface area contributed by atoms with E-state index in [1.54, 1.807) is 6.07 Å². The number of hydrogen-bond acceptors (Lipinski definition) is 1. The molecule has 1 aliphatic rings. The van der Waals surface area contributed by atoms with Crippen molar-refractivity contribution in [1.29, 1.82) is 0 Å². The standard InChI is InChI=1S/C12H15ClFN/c1-2-8-5-10(6-11(13)12(8)14)9-3-4-15-7-9/h5-6,9,15H,2-4,7H2,1H3. The van der Waals surface area contributed by atoms with Crippen LogP contribution < -0.4 is 5.32 Å². The van der Waals surface area contributed by atoms with E-state index in [4.69, 9.17) is 11.6 Å². The molecule has 1 saturated heterocycles. The molecule has 1 aromatic rings. The van der Waals surface area contributed by atoms with Crippen molar-refractivity contribution < 1.29 is 4.39 Å². The largest absolute Gasteiger partial charge is 0.316 e. The fraction of sp³-hybridized carbons (Fsp3) is 0.500. The molecular weight excluding hydrogens is 213 g/mol. The fourth-order valence-electron chi connectivity index (χ4n) is 2.10. The van der Waals surface area contributed by atoms with Crippen LogP contribution in [0.4, 0.5) is 4.39 Å². The van der Waals surface area contributed by atoms with Gasteiger partial charge in [0.05, 0.1) is 5.02 Å². The third-order valence-corrected chi connectivity index (χ3v) is 3.31. The Morgan fingerprint density at radius 2 is 2.33 bits per heavy atom. The van der Waals surface area contributed by atoms with E-state index in [2.05, 4.69) is 5.32 Å². The third-order valence-electron chi connectivity index (χ3n) is 3.04. The molecule has 1 heterocycles. The fourth-order valence-corrected chi connectivity index (χ4v) is 2.35. The first-order valence-electron chi connectivity index (χ1n) is 5.41. The summed E-state index contributed by atoms with van der Waals surface area (Å²) < 4.78 is 13.5. The molecule has 0 bridgehead atoms. The van der Waals surface area contributed by atoms with Crippen molar-refractivity contribution in [3.05, 3.63) is 34.1 Å². The lowest BCUT2D eigenvalue weighted by Crippen LogP contribution is -2.08. The summed E-state index contributed by atoms with van der Waals surface area (Å²) in [4.78, 5) is 0. The summed E-state index contributed by atoms with van der Waals surface area (Å²) in [7, 11) is 0. The Hall–Kier alpha value is -0.600. The summed E-state index contributed by atoms with van der Waals surface area (Å²) >= 11 is 5.88. The SMILES string of the molecule is CCc1cc(C2CCNC2)cc(Cl)c1F. The van der Waals surface area contributed by atoms with Gasteiger partial charge in [-0.25, -0.2) is 4.39 Å². The molecule has 0 saturated carbocycles. The van der Waals surface area contributed by atoms with Gasteiger partial charge in [0.25, 0.3) is 0 Å². The van der Waals surface area contributed by atoms with Crippen LogP contribution in [-0.4, -0.2) is 13.1 Å². The minimum atomic E-state index is -0.256. The van der Waals surface area contributed by atoms with Crippen molar-refractivity contribution >= 4 is 11.6 Å². The smallest absolute Gasteiger partial charge is 0.144 e. The Morgan fingerprint density at radius 3 is 2.93 bits per heavy atom. The van der Waals surface area contributed by atoms with Crippen molar-refractivity contribution in [3.63, 3.8) is 0 Å². The van der Waals surface area contributed by atoms with Crippen LogP contribution in [-0.2, 0) is 6.42 Å². The topological polar surface area (TPSA) is 12.0 Å². The van der Waals surface area contributed by atoms with Gasteiger partial charge in [-0.15, -0.1) is 0 Å². The lowest BCUT2D eigenvalue weighted by molar-refractivity contribution is 0.610. The van der Waals surface area contributed by atoms with E-state index < -0.39 is 0 Å². The minimum absolute atomic E-state index is 0.256. The van der Waals surface area contributed by atoms with Gasteiger partial charge >= 0.3 is 0 Å².